The minimum atomic E-state index is -0.0544. The summed E-state index contributed by atoms with van der Waals surface area (Å²) in [6, 6.07) is 0. The fourth-order valence-corrected chi connectivity index (χ4v) is 3.04. The highest BCUT2D eigenvalue weighted by molar-refractivity contribution is 7.73. The quantitative estimate of drug-likeness (QED) is 0.486. The third-order valence-electron chi connectivity index (χ3n) is 3.94. The van der Waals surface area contributed by atoms with E-state index in [-0.39, 0.29) is 18.4 Å². The predicted octanol–water partition coefficient (Wildman–Crippen LogP) is -3.50. The highest BCUT2D eigenvalue weighted by Crippen LogP contribution is 2.53. The molecule has 0 aliphatic carbocycles. The number of rotatable bonds is 4. The summed E-state index contributed by atoms with van der Waals surface area (Å²) in [4.78, 5) is 0. The van der Waals surface area contributed by atoms with E-state index in [1.54, 1.807) is 0 Å². The molecule has 2 nitrogen and oxygen atoms in total. The molecule has 3 fully saturated rings. The molecule has 3 aliphatic heterocycles. The molecule has 18 heavy (non-hydrogen) atoms. The van der Waals surface area contributed by atoms with E-state index >= 15 is 0 Å². The van der Waals surface area contributed by atoms with Crippen LogP contribution in [0.2, 0.25) is 11.0 Å². The molecule has 3 saturated heterocycles. The van der Waals surface area contributed by atoms with Gasteiger partial charge >= 0.3 is 0 Å². The molecule has 0 saturated carbocycles. The van der Waals surface area contributed by atoms with E-state index in [2.05, 4.69) is 28.5 Å². The van der Waals surface area contributed by atoms with Gasteiger partial charge in [-0.1, -0.05) is 5.82 Å². The van der Waals surface area contributed by atoms with Crippen LogP contribution in [0.3, 0.4) is 0 Å². The van der Waals surface area contributed by atoms with Crippen molar-refractivity contribution in [1.82, 2.24) is 0 Å². The Morgan fingerprint density at radius 1 is 0.944 bits per heavy atom. The lowest BCUT2D eigenvalue weighted by Gasteiger charge is -2.56. The maximum atomic E-state index is 9.27. The van der Waals surface area contributed by atoms with Crippen LogP contribution in [0.5, 0.6) is 0 Å². The van der Waals surface area contributed by atoms with Crippen LogP contribution >= 0.6 is 0 Å². The largest absolute Gasteiger partial charge is 0.396 e. The summed E-state index contributed by atoms with van der Waals surface area (Å²) in [6.07, 6.45) is 1.52. The van der Waals surface area contributed by atoms with Gasteiger partial charge in [-0.15, -0.1) is 5.21 Å². The van der Waals surface area contributed by atoms with Crippen LogP contribution < -0.4 is 0 Å². The van der Waals surface area contributed by atoms with Gasteiger partial charge in [0, 0.05) is 62.6 Å². The van der Waals surface area contributed by atoms with Gasteiger partial charge < -0.3 is 10.2 Å². The van der Waals surface area contributed by atoms with Gasteiger partial charge in [0.25, 0.3) is 0 Å². The van der Waals surface area contributed by atoms with Crippen molar-refractivity contribution in [3.8, 4) is 0 Å². The summed E-state index contributed by atoms with van der Waals surface area (Å²) in [5.41, 5.74) is 0. The number of aliphatic hydroxyl groups is 2. The fourth-order valence-electron chi connectivity index (χ4n) is 3.04. The Morgan fingerprint density at radius 2 is 1.67 bits per heavy atom. The molecule has 3 aliphatic rings. The predicted molar refractivity (Wildman–Crippen MR) is 87.4 cm³/mol. The van der Waals surface area contributed by atoms with Gasteiger partial charge in [0.15, 0.2) is 0 Å². The third kappa shape index (κ3) is 3.36. The van der Waals surface area contributed by atoms with E-state index in [4.69, 9.17) is 0 Å². The first-order valence-corrected chi connectivity index (χ1v) is 6.59. The zero-order chi connectivity index (χ0) is 12.8. The molecule has 3 heterocycles. The van der Waals surface area contributed by atoms with Crippen molar-refractivity contribution in [3.63, 3.8) is 0 Å². The van der Waals surface area contributed by atoms with Crippen LogP contribution in [0.4, 0.5) is 0 Å². The molecule has 2 bridgehead atoms. The van der Waals surface area contributed by atoms with Crippen molar-refractivity contribution in [2.45, 2.75) is 23.9 Å². The SMILES string of the molecule is OCC[C@@H]1B2[B][B][B][B][B][B][B][B][C@@]1(CCO)[B]2. The van der Waals surface area contributed by atoms with Gasteiger partial charge in [-0.3, -0.25) is 0 Å². The van der Waals surface area contributed by atoms with E-state index in [0.717, 1.165) is 12.8 Å². The molecule has 0 aromatic heterocycles. The first-order valence-electron chi connectivity index (χ1n) is 6.59. The Kier molecular flexibility index (Phi) is 6.13. The maximum Gasteiger partial charge on any atom is 0.0612 e. The molecule has 0 aromatic carbocycles. The van der Waals surface area contributed by atoms with Crippen molar-refractivity contribution >= 4 is 70.3 Å². The maximum absolute atomic E-state index is 9.27. The molecule has 2 N–H and O–H groups in total. The monoisotopic (exact) mass is 225 g/mol. The fraction of sp³-hybridized carbons (Fsp3) is 1.00. The summed E-state index contributed by atoms with van der Waals surface area (Å²) >= 11 is 0. The van der Waals surface area contributed by atoms with Crippen LogP contribution in [0, 0.1) is 0 Å². The highest BCUT2D eigenvalue weighted by Gasteiger charge is 2.52. The lowest BCUT2D eigenvalue weighted by atomic mass is 8.75. The zero-order valence-corrected chi connectivity index (χ0v) is 10.6. The zero-order valence-electron chi connectivity index (χ0n) is 10.6. The summed E-state index contributed by atoms with van der Waals surface area (Å²) in [5.74, 6) is 0.391. The molecule has 12 heteroatoms. The molecule has 0 amide bonds. The first kappa shape index (κ1) is 15.0. The Balaban J connectivity index is 2.01. The molecule has 77 valence electrons. The van der Waals surface area contributed by atoms with E-state index in [0.29, 0.717) is 12.3 Å². The second kappa shape index (κ2) is 7.38. The smallest absolute Gasteiger partial charge is 0.0612 e. The second-order valence-corrected chi connectivity index (χ2v) is 4.96. The summed E-state index contributed by atoms with van der Waals surface area (Å²) < 4.78 is 0. The summed E-state index contributed by atoms with van der Waals surface area (Å²) in [7, 11) is 18.8. The Morgan fingerprint density at radius 3 is 2.39 bits per heavy atom. The average molecular weight is 223 g/mol. The molecule has 0 unspecified atom stereocenters. The van der Waals surface area contributed by atoms with Gasteiger partial charge in [0.05, 0.1) is 20.8 Å². The van der Waals surface area contributed by atoms with Crippen molar-refractivity contribution in [1.29, 1.82) is 0 Å². The number of hydrogen-bond donors (Lipinski definition) is 2. The number of fused-ring (bicyclic) bond motifs is 7. The molecular formula is C6H11B10O2. The van der Waals surface area contributed by atoms with Crippen LogP contribution in [-0.2, 0) is 0 Å². The Hall–Kier alpha value is 0.569. The van der Waals surface area contributed by atoms with Crippen LogP contribution in [-0.4, -0.2) is 93.7 Å². The summed E-state index contributed by atoms with van der Waals surface area (Å²) in [5, 5.41) is 18.4. The molecule has 0 aromatic rings. The Bertz CT molecular complexity index is 253. The van der Waals surface area contributed by atoms with Crippen molar-refractivity contribution in [2.75, 3.05) is 13.2 Å². The molecule has 3 rings (SSSR count). The second-order valence-electron chi connectivity index (χ2n) is 4.96. The van der Waals surface area contributed by atoms with E-state index in [9.17, 15) is 10.2 Å². The minimum Gasteiger partial charge on any atom is -0.396 e. The van der Waals surface area contributed by atoms with Crippen molar-refractivity contribution in [3.05, 3.63) is 0 Å². The molecular weight excluding hydrogens is 212 g/mol. The van der Waals surface area contributed by atoms with Gasteiger partial charge in [0.1, 0.15) is 0 Å². The van der Waals surface area contributed by atoms with Gasteiger partial charge in [-0.2, -0.15) is 0 Å². The standard InChI is InChI=1S/C6H11B10O2/c17-3-1-5-6(2-4-18)7-9-10-11-12-13-14-15-16(5)8-6/h5,17-18H,1-4H2/t5-,6-/m0/s1. The van der Waals surface area contributed by atoms with Crippen molar-refractivity contribution in [2.24, 2.45) is 0 Å². The topological polar surface area (TPSA) is 40.5 Å². The Labute approximate surface area is 118 Å². The van der Waals surface area contributed by atoms with Crippen LogP contribution in [0.25, 0.3) is 0 Å². The van der Waals surface area contributed by atoms with E-state index < -0.39 is 0 Å². The molecule has 0 spiro atoms. The summed E-state index contributed by atoms with van der Waals surface area (Å²) in [6.45, 7) is 0.785. The number of hydrogen-bond acceptors (Lipinski definition) is 2. The first-order chi connectivity index (χ1) is 8.82. The van der Waals surface area contributed by atoms with E-state index in [1.807, 2.05) is 35.3 Å². The normalized spacial score (nSPS) is 29.7. The lowest BCUT2D eigenvalue weighted by molar-refractivity contribution is 0.255. The van der Waals surface area contributed by atoms with Crippen LogP contribution in [0.1, 0.15) is 12.8 Å². The average Bonchev–Trinajstić information content (AvgIpc) is 2.43. The van der Waals surface area contributed by atoms with Crippen LogP contribution in [0.15, 0.2) is 0 Å². The third-order valence-corrected chi connectivity index (χ3v) is 3.94. The van der Waals surface area contributed by atoms with Gasteiger partial charge in [-0.25, -0.2) is 0 Å². The van der Waals surface area contributed by atoms with Crippen molar-refractivity contribution < 1.29 is 10.2 Å². The van der Waals surface area contributed by atoms with E-state index in [1.165, 1.54) is 0 Å². The van der Waals surface area contributed by atoms with Gasteiger partial charge in [0.2, 0.25) is 0 Å². The number of aliphatic hydroxyl groups excluding tert-OH is 2. The van der Waals surface area contributed by atoms with Gasteiger partial charge in [-0.05, 0) is 12.8 Å². The minimum absolute atomic E-state index is 0.0544. The molecule has 9 radical (unpaired) electrons. The highest BCUT2D eigenvalue weighted by atomic mass is 16.3. The molecule has 2 atom stereocenters. The lowest BCUT2D eigenvalue weighted by Crippen LogP contribution is -2.63.